The molecular weight excluding hydrogens is 321 g/mol. The van der Waals surface area contributed by atoms with Crippen molar-refractivity contribution in [2.75, 3.05) is 19.8 Å². The fraction of sp³-hybridized carbons (Fsp3) is 0.294. The Labute approximate surface area is 142 Å². The number of hydrogen-bond acceptors (Lipinski definition) is 3. The van der Waals surface area contributed by atoms with E-state index in [1.54, 1.807) is 0 Å². The number of rotatable bonds is 8. The summed E-state index contributed by atoms with van der Waals surface area (Å²) in [7, 11) is 0. The molecule has 0 atom stereocenters. The van der Waals surface area contributed by atoms with Gasteiger partial charge in [-0.2, -0.15) is 0 Å². The van der Waals surface area contributed by atoms with E-state index in [-0.39, 0.29) is 19.0 Å². The number of aliphatic hydroxyl groups excluding tert-OH is 1. The van der Waals surface area contributed by atoms with Crippen molar-refractivity contribution in [1.29, 1.82) is 0 Å². The number of halogens is 2. The fourth-order valence-corrected chi connectivity index (χ4v) is 2.11. The summed E-state index contributed by atoms with van der Waals surface area (Å²) in [6.45, 7) is 2.12. The van der Waals surface area contributed by atoms with E-state index in [1.165, 1.54) is 11.1 Å². The zero-order chi connectivity index (χ0) is 14.9. The minimum atomic E-state index is 0. The average Bonchev–Trinajstić information content (AvgIpc) is 2.52. The molecule has 2 aromatic carbocycles. The maximum absolute atomic E-state index is 8.69. The summed E-state index contributed by atoms with van der Waals surface area (Å²) in [5.74, 6) is 0.786. The number of ether oxygens (including phenoxy) is 1. The number of nitrogens with one attached hydrogen (secondary N) is 1. The van der Waals surface area contributed by atoms with Gasteiger partial charge in [0.25, 0.3) is 0 Å². The van der Waals surface area contributed by atoms with Crippen LogP contribution in [0.15, 0.2) is 48.5 Å². The van der Waals surface area contributed by atoms with Gasteiger partial charge in [-0.25, -0.2) is 0 Å². The monoisotopic (exact) mass is 341 g/mol. The van der Waals surface area contributed by atoms with Gasteiger partial charge in [0.15, 0.2) is 0 Å². The van der Waals surface area contributed by atoms with E-state index in [2.05, 4.69) is 17.4 Å². The van der Waals surface area contributed by atoms with Crippen LogP contribution in [-0.4, -0.2) is 24.9 Å². The van der Waals surface area contributed by atoms with Gasteiger partial charge in [-0.05, 0) is 48.4 Å². The normalized spacial score (nSPS) is 10.1. The first-order chi connectivity index (χ1) is 10.3. The number of hydrogen-bond donors (Lipinski definition) is 2. The first-order valence-corrected chi connectivity index (χ1v) is 7.43. The van der Waals surface area contributed by atoms with Gasteiger partial charge >= 0.3 is 0 Å². The average molecular weight is 342 g/mol. The molecule has 3 nitrogen and oxygen atoms in total. The van der Waals surface area contributed by atoms with Crippen molar-refractivity contribution >= 4 is 24.0 Å². The third-order valence-corrected chi connectivity index (χ3v) is 3.37. The van der Waals surface area contributed by atoms with E-state index in [9.17, 15) is 0 Å². The molecule has 2 aromatic rings. The highest BCUT2D eigenvalue weighted by atomic mass is 35.5. The van der Waals surface area contributed by atoms with E-state index in [0.717, 1.165) is 30.3 Å². The highest BCUT2D eigenvalue weighted by molar-refractivity contribution is 6.30. The van der Waals surface area contributed by atoms with Gasteiger partial charge in [0.05, 0.1) is 6.61 Å². The van der Waals surface area contributed by atoms with Gasteiger partial charge < -0.3 is 15.2 Å². The Morgan fingerprint density at radius 1 is 0.955 bits per heavy atom. The molecule has 0 heterocycles. The van der Waals surface area contributed by atoms with Crippen molar-refractivity contribution in [1.82, 2.24) is 5.32 Å². The molecule has 0 saturated carbocycles. The lowest BCUT2D eigenvalue weighted by Crippen LogP contribution is -2.16. The van der Waals surface area contributed by atoms with Crippen LogP contribution >= 0.6 is 24.0 Å². The molecule has 0 aliphatic carbocycles. The van der Waals surface area contributed by atoms with Crippen LogP contribution in [0.2, 0.25) is 5.02 Å². The zero-order valence-corrected chi connectivity index (χ0v) is 13.9. The maximum atomic E-state index is 8.69. The molecule has 0 aromatic heterocycles. The maximum Gasteiger partial charge on any atom is 0.119 e. The topological polar surface area (TPSA) is 41.5 Å². The smallest absolute Gasteiger partial charge is 0.119 e. The third kappa shape index (κ3) is 6.67. The SMILES string of the molecule is Cl.OCCOc1ccc(CNCCc2ccc(Cl)cc2)cc1. The largest absolute Gasteiger partial charge is 0.491 e. The van der Waals surface area contributed by atoms with Crippen LogP contribution in [0, 0.1) is 0 Å². The van der Waals surface area contributed by atoms with Crippen molar-refractivity contribution in [3.63, 3.8) is 0 Å². The molecule has 0 fully saturated rings. The molecule has 22 heavy (non-hydrogen) atoms. The van der Waals surface area contributed by atoms with E-state index in [0.29, 0.717) is 6.61 Å². The minimum Gasteiger partial charge on any atom is -0.491 e. The van der Waals surface area contributed by atoms with Crippen molar-refractivity contribution in [3.8, 4) is 5.75 Å². The predicted octanol–water partition coefficient (Wildman–Crippen LogP) is 3.47. The Kier molecular flexibility index (Phi) is 8.94. The van der Waals surface area contributed by atoms with Gasteiger partial charge in [-0.15, -0.1) is 12.4 Å². The molecule has 0 aliphatic heterocycles. The molecule has 0 amide bonds. The quantitative estimate of drug-likeness (QED) is 0.722. The number of aliphatic hydroxyl groups is 1. The Morgan fingerprint density at radius 3 is 2.23 bits per heavy atom. The van der Waals surface area contributed by atoms with Crippen LogP contribution < -0.4 is 10.1 Å². The Bertz CT molecular complexity index is 529. The second-order valence-corrected chi connectivity index (χ2v) is 5.21. The standard InChI is InChI=1S/C17H20ClNO2.ClH/c18-16-5-1-14(2-6-16)9-10-19-13-15-3-7-17(8-4-15)21-12-11-20;/h1-8,19-20H,9-13H2;1H. The van der Waals surface area contributed by atoms with Crippen LogP contribution in [0.1, 0.15) is 11.1 Å². The van der Waals surface area contributed by atoms with Gasteiger partial charge in [0.2, 0.25) is 0 Å². The van der Waals surface area contributed by atoms with Crippen molar-refractivity contribution in [2.45, 2.75) is 13.0 Å². The van der Waals surface area contributed by atoms with Crippen LogP contribution in [0.5, 0.6) is 5.75 Å². The molecule has 0 radical (unpaired) electrons. The van der Waals surface area contributed by atoms with Gasteiger partial charge in [-0.1, -0.05) is 35.9 Å². The lowest BCUT2D eigenvalue weighted by molar-refractivity contribution is 0.201. The molecular formula is C17H21Cl2NO2. The molecule has 0 aliphatic rings. The molecule has 0 spiro atoms. The summed E-state index contributed by atoms with van der Waals surface area (Å²) in [5.41, 5.74) is 2.49. The lowest BCUT2D eigenvalue weighted by atomic mass is 10.1. The van der Waals surface area contributed by atoms with E-state index in [4.69, 9.17) is 21.4 Å². The summed E-state index contributed by atoms with van der Waals surface area (Å²) in [5, 5.41) is 12.9. The summed E-state index contributed by atoms with van der Waals surface area (Å²) in [6, 6.07) is 15.8. The van der Waals surface area contributed by atoms with Gasteiger partial charge in [0, 0.05) is 11.6 Å². The first kappa shape index (κ1) is 18.8. The summed E-state index contributed by atoms with van der Waals surface area (Å²) in [6.07, 6.45) is 0.981. The van der Waals surface area contributed by atoms with Crippen molar-refractivity contribution in [2.24, 2.45) is 0 Å². The first-order valence-electron chi connectivity index (χ1n) is 7.05. The molecule has 0 unspecified atom stereocenters. The van der Waals surface area contributed by atoms with Crippen LogP contribution in [0.4, 0.5) is 0 Å². The molecule has 0 bridgehead atoms. The molecule has 5 heteroatoms. The lowest BCUT2D eigenvalue weighted by Gasteiger charge is -2.07. The molecule has 2 N–H and O–H groups in total. The minimum absolute atomic E-state index is 0. The highest BCUT2D eigenvalue weighted by Crippen LogP contribution is 2.12. The molecule has 2 rings (SSSR count). The van der Waals surface area contributed by atoms with Crippen molar-refractivity contribution < 1.29 is 9.84 Å². The fourth-order valence-electron chi connectivity index (χ4n) is 1.98. The summed E-state index contributed by atoms with van der Waals surface area (Å²) >= 11 is 5.86. The second kappa shape index (κ2) is 10.5. The van der Waals surface area contributed by atoms with Crippen LogP contribution in [-0.2, 0) is 13.0 Å². The van der Waals surface area contributed by atoms with E-state index < -0.39 is 0 Å². The Hall–Kier alpha value is -1.26. The van der Waals surface area contributed by atoms with E-state index >= 15 is 0 Å². The second-order valence-electron chi connectivity index (χ2n) is 4.77. The highest BCUT2D eigenvalue weighted by Gasteiger charge is 1.97. The van der Waals surface area contributed by atoms with Crippen LogP contribution in [0.25, 0.3) is 0 Å². The Morgan fingerprint density at radius 2 is 1.59 bits per heavy atom. The van der Waals surface area contributed by atoms with E-state index in [1.807, 2.05) is 36.4 Å². The molecule has 0 saturated heterocycles. The van der Waals surface area contributed by atoms with Crippen molar-refractivity contribution in [3.05, 3.63) is 64.7 Å². The van der Waals surface area contributed by atoms with Crippen LogP contribution in [0.3, 0.4) is 0 Å². The summed E-state index contributed by atoms with van der Waals surface area (Å²) in [4.78, 5) is 0. The number of benzene rings is 2. The predicted molar refractivity (Wildman–Crippen MR) is 93.1 cm³/mol. The third-order valence-electron chi connectivity index (χ3n) is 3.12. The molecule has 120 valence electrons. The summed E-state index contributed by atoms with van der Waals surface area (Å²) < 4.78 is 5.32. The zero-order valence-electron chi connectivity index (χ0n) is 12.3. The van der Waals surface area contributed by atoms with Gasteiger partial charge in [-0.3, -0.25) is 0 Å². The van der Waals surface area contributed by atoms with Gasteiger partial charge in [0.1, 0.15) is 12.4 Å². The Balaban J connectivity index is 0.00000242.